The second-order valence-corrected chi connectivity index (χ2v) is 7.34. The molecule has 1 aromatic heterocycles. The second-order valence-electron chi connectivity index (χ2n) is 7.34. The van der Waals surface area contributed by atoms with Crippen LogP contribution in [0.4, 0.5) is 0 Å². The fourth-order valence-electron chi connectivity index (χ4n) is 3.85. The van der Waals surface area contributed by atoms with E-state index in [2.05, 4.69) is 15.6 Å². The molecule has 0 atom stereocenters. The number of amides is 1. The number of hydrogen-bond donors (Lipinski definition) is 3. The number of halogens is 2. The maximum Gasteiger partial charge on any atom is 0.306 e. The summed E-state index contributed by atoms with van der Waals surface area (Å²) in [5, 5.41) is 15.4. The molecule has 2 heterocycles. The molecular weight excluding hydrogens is 391 g/mol. The topological polar surface area (TPSA) is 96.3 Å². The van der Waals surface area contributed by atoms with Gasteiger partial charge >= 0.3 is 5.97 Å². The van der Waals surface area contributed by atoms with Crippen molar-refractivity contribution in [2.45, 2.75) is 57.5 Å². The van der Waals surface area contributed by atoms with Crippen molar-refractivity contribution in [2.75, 3.05) is 13.1 Å². The number of carboxylic acid groups (broad SMARTS) is 1. The molecule has 1 amide bonds. The fourth-order valence-corrected chi connectivity index (χ4v) is 3.85. The zero-order valence-corrected chi connectivity index (χ0v) is 17.1. The van der Waals surface area contributed by atoms with E-state index in [1.807, 2.05) is 10.8 Å². The number of piperidine rings is 1. The molecule has 1 aliphatic carbocycles. The number of aryl methyl sites for hydroxylation is 1. The maximum absolute atomic E-state index is 12.3. The van der Waals surface area contributed by atoms with Crippen LogP contribution in [0.3, 0.4) is 0 Å². The van der Waals surface area contributed by atoms with Gasteiger partial charge in [-0.2, -0.15) is 0 Å². The monoisotopic (exact) mass is 420 g/mol. The number of nitrogens with zero attached hydrogens (tertiary/aromatic N) is 2. The van der Waals surface area contributed by atoms with Crippen LogP contribution in [0.5, 0.6) is 0 Å². The molecule has 2 aliphatic rings. The van der Waals surface area contributed by atoms with Crippen molar-refractivity contribution in [2.24, 2.45) is 11.8 Å². The molecule has 1 aromatic rings. The first kappa shape index (κ1) is 23.7. The Morgan fingerprint density at radius 1 is 1.15 bits per heavy atom. The Morgan fingerprint density at radius 2 is 1.81 bits per heavy atom. The second kappa shape index (κ2) is 11.5. The van der Waals surface area contributed by atoms with Gasteiger partial charge in [-0.25, -0.2) is 4.98 Å². The van der Waals surface area contributed by atoms with Crippen LogP contribution in [-0.4, -0.2) is 45.7 Å². The van der Waals surface area contributed by atoms with Crippen molar-refractivity contribution in [3.8, 4) is 0 Å². The predicted octanol–water partition coefficient (Wildman–Crippen LogP) is 2.49. The van der Waals surface area contributed by atoms with Gasteiger partial charge in [0.25, 0.3) is 5.91 Å². The lowest BCUT2D eigenvalue weighted by Crippen LogP contribution is -2.38. The molecule has 0 unspecified atom stereocenters. The van der Waals surface area contributed by atoms with Crippen LogP contribution in [0.25, 0.3) is 0 Å². The van der Waals surface area contributed by atoms with Crippen LogP contribution >= 0.6 is 24.8 Å². The summed E-state index contributed by atoms with van der Waals surface area (Å²) in [7, 11) is 0. The van der Waals surface area contributed by atoms with Gasteiger partial charge in [0, 0.05) is 18.8 Å². The summed E-state index contributed by atoms with van der Waals surface area (Å²) in [5.41, 5.74) is 0.450. The highest BCUT2D eigenvalue weighted by Gasteiger charge is 2.27. The zero-order valence-electron chi connectivity index (χ0n) is 15.4. The van der Waals surface area contributed by atoms with E-state index in [0.717, 1.165) is 44.8 Å². The summed E-state index contributed by atoms with van der Waals surface area (Å²) in [6, 6.07) is 0.0583. The third-order valence-electron chi connectivity index (χ3n) is 5.53. The van der Waals surface area contributed by atoms with Crippen molar-refractivity contribution in [3.63, 3.8) is 0 Å². The van der Waals surface area contributed by atoms with Gasteiger partial charge in [-0.1, -0.05) is 0 Å². The Kier molecular flexibility index (Phi) is 10.1. The third-order valence-corrected chi connectivity index (χ3v) is 5.53. The van der Waals surface area contributed by atoms with Crippen LogP contribution < -0.4 is 10.6 Å². The zero-order chi connectivity index (χ0) is 17.6. The van der Waals surface area contributed by atoms with E-state index in [4.69, 9.17) is 5.11 Å². The lowest BCUT2D eigenvalue weighted by Gasteiger charge is -2.26. The molecule has 3 N–H and O–H groups in total. The molecule has 0 spiro atoms. The van der Waals surface area contributed by atoms with Crippen molar-refractivity contribution >= 4 is 36.7 Å². The van der Waals surface area contributed by atoms with Gasteiger partial charge in [-0.15, -0.1) is 24.8 Å². The summed E-state index contributed by atoms with van der Waals surface area (Å²) >= 11 is 0. The highest BCUT2D eigenvalue weighted by molar-refractivity contribution is 5.92. The molecule has 0 radical (unpaired) electrons. The van der Waals surface area contributed by atoms with Gasteiger partial charge in [0.1, 0.15) is 5.69 Å². The number of carbonyl (C=O) groups is 2. The van der Waals surface area contributed by atoms with Gasteiger partial charge in [-0.3, -0.25) is 9.59 Å². The maximum atomic E-state index is 12.3. The first-order valence-electron chi connectivity index (χ1n) is 9.38. The largest absolute Gasteiger partial charge is 0.481 e. The standard InChI is InChI=1S/C18H28N4O3.2ClH/c23-17(21-15-3-1-14(2-4-15)18(24)25)16-11-22(12-20-16)10-7-13-5-8-19-9-6-13;;/h11-15,19H,1-10H2,(H,21,23)(H,24,25);2*1H. The summed E-state index contributed by atoms with van der Waals surface area (Å²) in [5.74, 6) is -0.385. The van der Waals surface area contributed by atoms with Crippen LogP contribution in [0, 0.1) is 11.8 Å². The van der Waals surface area contributed by atoms with Crippen molar-refractivity contribution in [3.05, 3.63) is 18.2 Å². The lowest BCUT2D eigenvalue weighted by atomic mass is 9.86. The average molecular weight is 421 g/mol. The van der Waals surface area contributed by atoms with Crippen molar-refractivity contribution < 1.29 is 14.7 Å². The minimum Gasteiger partial charge on any atom is -0.481 e. The van der Waals surface area contributed by atoms with E-state index in [-0.39, 0.29) is 42.7 Å². The van der Waals surface area contributed by atoms with Crippen LogP contribution in [0.15, 0.2) is 12.5 Å². The minimum atomic E-state index is -0.725. The SMILES string of the molecule is Cl.Cl.O=C(NC1CCC(C(=O)O)CC1)c1cn(CCC2CCNCC2)cn1. The average Bonchev–Trinajstić information content (AvgIpc) is 3.10. The molecule has 3 rings (SSSR count). The van der Waals surface area contributed by atoms with Gasteiger partial charge in [-0.05, 0) is 64.0 Å². The Labute approximate surface area is 172 Å². The molecule has 27 heavy (non-hydrogen) atoms. The number of hydrogen-bond acceptors (Lipinski definition) is 4. The van der Waals surface area contributed by atoms with Crippen molar-refractivity contribution in [1.82, 2.24) is 20.2 Å². The van der Waals surface area contributed by atoms with Gasteiger partial charge < -0.3 is 20.3 Å². The molecular formula is C18H30Cl2N4O3. The molecule has 0 aromatic carbocycles. The van der Waals surface area contributed by atoms with Crippen LogP contribution in [0.1, 0.15) is 55.4 Å². The van der Waals surface area contributed by atoms with Crippen molar-refractivity contribution in [1.29, 1.82) is 0 Å². The summed E-state index contributed by atoms with van der Waals surface area (Å²) < 4.78 is 2.00. The Balaban J connectivity index is 0.00000182. The molecule has 1 saturated heterocycles. The smallest absolute Gasteiger partial charge is 0.306 e. The number of rotatable bonds is 6. The van der Waals surface area contributed by atoms with E-state index >= 15 is 0 Å². The number of nitrogens with one attached hydrogen (secondary N) is 2. The molecule has 1 saturated carbocycles. The predicted molar refractivity (Wildman–Crippen MR) is 108 cm³/mol. The van der Waals surface area contributed by atoms with E-state index in [9.17, 15) is 9.59 Å². The van der Waals surface area contributed by atoms with Crippen LogP contribution in [0.2, 0.25) is 0 Å². The first-order chi connectivity index (χ1) is 12.1. The molecule has 154 valence electrons. The fraction of sp³-hybridized carbons (Fsp3) is 0.722. The Morgan fingerprint density at radius 3 is 2.44 bits per heavy atom. The molecule has 7 nitrogen and oxygen atoms in total. The molecule has 0 bridgehead atoms. The van der Waals surface area contributed by atoms with Gasteiger partial charge in [0.2, 0.25) is 0 Å². The molecule has 9 heteroatoms. The highest BCUT2D eigenvalue weighted by atomic mass is 35.5. The Hall–Kier alpha value is -1.31. The summed E-state index contributed by atoms with van der Waals surface area (Å²) in [4.78, 5) is 27.5. The number of aromatic nitrogens is 2. The Bertz CT molecular complexity index is 597. The van der Waals surface area contributed by atoms with E-state index < -0.39 is 5.97 Å². The quantitative estimate of drug-likeness (QED) is 0.656. The molecule has 2 fully saturated rings. The molecule has 1 aliphatic heterocycles. The van der Waals surface area contributed by atoms with Crippen LogP contribution in [-0.2, 0) is 11.3 Å². The normalized spacial score (nSPS) is 23.0. The summed E-state index contributed by atoms with van der Waals surface area (Å²) in [6.45, 7) is 3.10. The van der Waals surface area contributed by atoms with E-state index in [1.165, 1.54) is 12.8 Å². The number of imidazole rings is 1. The number of carboxylic acids is 1. The number of carbonyl (C=O) groups excluding carboxylic acids is 1. The highest BCUT2D eigenvalue weighted by Crippen LogP contribution is 2.24. The lowest BCUT2D eigenvalue weighted by molar-refractivity contribution is -0.142. The van der Waals surface area contributed by atoms with E-state index in [0.29, 0.717) is 18.5 Å². The van der Waals surface area contributed by atoms with Gasteiger partial charge in [0.05, 0.1) is 12.2 Å². The van der Waals surface area contributed by atoms with Gasteiger partial charge in [0.15, 0.2) is 0 Å². The first-order valence-corrected chi connectivity index (χ1v) is 9.38. The minimum absolute atomic E-state index is 0. The number of aliphatic carboxylic acids is 1. The third kappa shape index (κ3) is 6.97. The van der Waals surface area contributed by atoms with E-state index in [1.54, 1.807) is 6.33 Å². The summed E-state index contributed by atoms with van der Waals surface area (Å²) in [6.07, 6.45) is 9.82.